The summed E-state index contributed by atoms with van der Waals surface area (Å²) in [5, 5.41) is 2.59. The van der Waals surface area contributed by atoms with Gasteiger partial charge in [0.15, 0.2) is 0 Å². The zero-order chi connectivity index (χ0) is 11.7. The molecule has 2 saturated heterocycles. The van der Waals surface area contributed by atoms with Crippen LogP contribution in [0, 0.1) is 5.92 Å². The number of nitrogens with one attached hydrogen (secondary N) is 1. The van der Waals surface area contributed by atoms with E-state index in [0.29, 0.717) is 18.2 Å². The zero-order valence-corrected chi connectivity index (χ0v) is 10.1. The van der Waals surface area contributed by atoms with Gasteiger partial charge in [-0.2, -0.15) is 0 Å². The maximum atomic E-state index is 12.1. The molecular weight excluding hydrogens is 226 g/mol. The van der Waals surface area contributed by atoms with Gasteiger partial charge >= 0.3 is 0 Å². The number of carbonyl (C=O) groups is 2. The fourth-order valence-corrected chi connectivity index (χ4v) is 3.11. The molecule has 2 heterocycles. The van der Waals surface area contributed by atoms with Crippen LogP contribution in [0.5, 0.6) is 0 Å². The summed E-state index contributed by atoms with van der Waals surface area (Å²) in [6, 6.07) is -0.0972. The van der Waals surface area contributed by atoms with Crippen molar-refractivity contribution in [2.24, 2.45) is 11.7 Å². The lowest BCUT2D eigenvalue weighted by Crippen LogP contribution is -2.47. The van der Waals surface area contributed by atoms with Crippen molar-refractivity contribution >= 4 is 22.9 Å². The van der Waals surface area contributed by atoms with Gasteiger partial charge in [-0.1, -0.05) is 11.8 Å². The molecule has 3 atom stereocenters. The van der Waals surface area contributed by atoms with E-state index < -0.39 is 0 Å². The molecule has 16 heavy (non-hydrogen) atoms. The number of rotatable bonds is 2. The van der Waals surface area contributed by atoms with Gasteiger partial charge in [0, 0.05) is 18.3 Å². The molecule has 90 valence electrons. The van der Waals surface area contributed by atoms with Crippen LogP contribution in [0.4, 0.5) is 4.79 Å². The quantitative estimate of drug-likeness (QED) is 0.716. The Balaban J connectivity index is 1.97. The number of nitrogens with two attached hydrogens (primary N) is 1. The minimum absolute atomic E-state index is 0.0433. The molecule has 0 aliphatic carbocycles. The highest BCUT2D eigenvalue weighted by Crippen LogP contribution is 2.24. The SMILES string of the molecule is CC1CC(CN)CN1C(=O)C1CSC(=O)N1. The zero-order valence-electron chi connectivity index (χ0n) is 9.31. The first kappa shape index (κ1) is 11.7. The molecule has 0 radical (unpaired) electrons. The lowest BCUT2D eigenvalue weighted by molar-refractivity contribution is -0.133. The molecule has 5 nitrogen and oxygen atoms in total. The van der Waals surface area contributed by atoms with Crippen LogP contribution in [0.25, 0.3) is 0 Å². The molecule has 0 spiro atoms. The van der Waals surface area contributed by atoms with Gasteiger partial charge in [0.05, 0.1) is 0 Å². The molecule has 2 amide bonds. The molecule has 2 fully saturated rings. The number of nitrogens with zero attached hydrogens (tertiary/aromatic N) is 1. The first-order valence-electron chi connectivity index (χ1n) is 5.55. The van der Waals surface area contributed by atoms with Crippen molar-refractivity contribution in [3.8, 4) is 0 Å². The minimum atomic E-state index is -0.337. The van der Waals surface area contributed by atoms with Crippen molar-refractivity contribution in [3.63, 3.8) is 0 Å². The predicted molar refractivity (Wildman–Crippen MR) is 63.1 cm³/mol. The third-order valence-electron chi connectivity index (χ3n) is 3.25. The second-order valence-electron chi connectivity index (χ2n) is 4.47. The largest absolute Gasteiger partial charge is 0.338 e. The van der Waals surface area contributed by atoms with E-state index in [4.69, 9.17) is 5.73 Å². The average Bonchev–Trinajstić information content (AvgIpc) is 2.83. The van der Waals surface area contributed by atoms with Gasteiger partial charge < -0.3 is 16.0 Å². The van der Waals surface area contributed by atoms with Crippen LogP contribution in [-0.2, 0) is 4.79 Å². The maximum Gasteiger partial charge on any atom is 0.279 e. The molecule has 3 unspecified atom stereocenters. The third-order valence-corrected chi connectivity index (χ3v) is 4.13. The molecule has 0 bridgehead atoms. The van der Waals surface area contributed by atoms with Crippen molar-refractivity contribution in [1.29, 1.82) is 0 Å². The predicted octanol–water partition coefficient (Wildman–Crippen LogP) is 0.00710. The lowest BCUT2D eigenvalue weighted by atomic mass is 10.1. The maximum absolute atomic E-state index is 12.1. The summed E-state index contributed by atoms with van der Waals surface area (Å²) in [5.74, 6) is 0.999. The number of thioether (sulfide) groups is 1. The highest BCUT2D eigenvalue weighted by molar-refractivity contribution is 8.14. The van der Waals surface area contributed by atoms with Crippen LogP contribution in [0.1, 0.15) is 13.3 Å². The van der Waals surface area contributed by atoms with E-state index in [-0.39, 0.29) is 23.2 Å². The van der Waals surface area contributed by atoms with E-state index in [0.717, 1.165) is 13.0 Å². The Kier molecular flexibility index (Phi) is 3.39. The van der Waals surface area contributed by atoms with Crippen LogP contribution in [0.2, 0.25) is 0 Å². The van der Waals surface area contributed by atoms with Gasteiger partial charge in [0.2, 0.25) is 5.91 Å². The van der Waals surface area contributed by atoms with E-state index in [1.807, 2.05) is 11.8 Å². The molecule has 2 aliphatic rings. The molecule has 2 rings (SSSR count). The highest BCUT2D eigenvalue weighted by Gasteiger charge is 2.37. The summed E-state index contributed by atoms with van der Waals surface area (Å²) in [4.78, 5) is 25.0. The molecule has 2 aliphatic heterocycles. The summed E-state index contributed by atoms with van der Waals surface area (Å²) in [6.07, 6.45) is 0.968. The van der Waals surface area contributed by atoms with Crippen molar-refractivity contribution in [3.05, 3.63) is 0 Å². The van der Waals surface area contributed by atoms with Crippen molar-refractivity contribution < 1.29 is 9.59 Å². The summed E-state index contributed by atoms with van der Waals surface area (Å²) in [5.41, 5.74) is 5.62. The summed E-state index contributed by atoms with van der Waals surface area (Å²) < 4.78 is 0. The van der Waals surface area contributed by atoms with Gasteiger partial charge in [-0.25, -0.2) is 0 Å². The summed E-state index contributed by atoms with van der Waals surface area (Å²) in [6.45, 7) is 3.39. The van der Waals surface area contributed by atoms with E-state index in [1.54, 1.807) is 0 Å². The van der Waals surface area contributed by atoms with Crippen LogP contribution < -0.4 is 11.1 Å². The van der Waals surface area contributed by atoms with Crippen LogP contribution >= 0.6 is 11.8 Å². The van der Waals surface area contributed by atoms with Crippen molar-refractivity contribution in [2.75, 3.05) is 18.8 Å². The van der Waals surface area contributed by atoms with Crippen LogP contribution in [-0.4, -0.2) is 47.0 Å². The monoisotopic (exact) mass is 243 g/mol. The molecule has 0 aromatic carbocycles. The van der Waals surface area contributed by atoms with Gasteiger partial charge in [-0.15, -0.1) is 0 Å². The number of hydrogen-bond donors (Lipinski definition) is 2. The normalized spacial score (nSPS) is 34.2. The molecule has 0 aromatic rings. The summed E-state index contributed by atoms with van der Waals surface area (Å²) in [7, 11) is 0. The standard InChI is InChI=1S/C10H17N3O2S/c1-6-2-7(3-11)4-13(6)9(14)8-5-16-10(15)12-8/h6-8H,2-5,11H2,1H3,(H,12,15). The Morgan fingerprint density at radius 3 is 2.94 bits per heavy atom. The molecular formula is C10H17N3O2S. The second-order valence-corrected chi connectivity index (χ2v) is 5.47. The molecule has 0 saturated carbocycles. The lowest BCUT2D eigenvalue weighted by Gasteiger charge is -2.24. The van der Waals surface area contributed by atoms with E-state index in [2.05, 4.69) is 5.32 Å². The third kappa shape index (κ3) is 2.17. The van der Waals surface area contributed by atoms with Crippen molar-refractivity contribution in [2.45, 2.75) is 25.4 Å². The van der Waals surface area contributed by atoms with Gasteiger partial charge in [-0.3, -0.25) is 9.59 Å². The number of hydrogen-bond acceptors (Lipinski definition) is 4. The van der Waals surface area contributed by atoms with Gasteiger partial charge in [-0.05, 0) is 25.8 Å². The highest BCUT2D eigenvalue weighted by atomic mass is 32.2. The number of carbonyl (C=O) groups excluding carboxylic acids is 2. The van der Waals surface area contributed by atoms with E-state index >= 15 is 0 Å². The smallest absolute Gasteiger partial charge is 0.279 e. The van der Waals surface area contributed by atoms with E-state index in [9.17, 15) is 9.59 Å². The van der Waals surface area contributed by atoms with Crippen LogP contribution in [0.15, 0.2) is 0 Å². The van der Waals surface area contributed by atoms with Crippen molar-refractivity contribution in [1.82, 2.24) is 10.2 Å². The molecule has 6 heteroatoms. The average molecular weight is 243 g/mol. The fourth-order valence-electron chi connectivity index (χ4n) is 2.34. The van der Waals surface area contributed by atoms with Gasteiger partial charge in [0.1, 0.15) is 6.04 Å². The molecule has 0 aromatic heterocycles. The number of amides is 2. The Morgan fingerprint density at radius 2 is 2.44 bits per heavy atom. The second kappa shape index (κ2) is 4.63. The number of likely N-dealkylation sites (tertiary alicyclic amines) is 1. The topological polar surface area (TPSA) is 75.4 Å². The Labute approximate surface area is 99.1 Å². The first-order chi connectivity index (χ1) is 7.61. The Hall–Kier alpha value is -0.750. The molecule has 3 N–H and O–H groups in total. The summed E-state index contributed by atoms with van der Waals surface area (Å²) >= 11 is 1.18. The Bertz CT molecular complexity index is 310. The van der Waals surface area contributed by atoms with Crippen LogP contribution in [0.3, 0.4) is 0 Å². The minimum Gasteiger partial charge on any atom is -0.338 e. The fraction of sp³-hybridized carbons (Fsp3) is 0.800. The van der Waals surface area contributed by atoms with E-state index in [1.165, 1.54) is 11.8 Å². The first-order valence-corrected chi connectivity index (χ1v) is 6.54. The Morgan fingerprint density at radius 1 is 1.69 bits per heavy atom. The van der Waals surface area contributed by atoms with Gasteiger partial charge in [0.25, 0.3) is 5.24 Å².